The average Bonchev–Trinajstić information content (AvgIpc) is 2.51. The summed E-state index contributed by atoms with van der Waals surface area (Å²) in [7, 11) is 0. The van der Waals surface area contributed by atoms with Crippen LogP contribution in [0.3, 0.4) is 0 Å². The SMILES string of the molecule is CCCNCc1cccc(Cl)c1OC(C)c1ccccc1. The zero-order valence-corrected chi connectivity index (χ0v) is 13.4. The molecule has 3 heteroatoms. The molecule has 1 atom stereocenters. The van der Waals surface area contributed by atoms with Crippen molar-refractivity contribution in [3.8, 4) is 5.75 Å². The lowest BCUT2D eigenvalue weighted by Crippen LogP contribution is -2.15. The van der Waals surface area contributed by atoms with Crippen LogP contribution in [0.2, 0.25) is 5.02 Å². The fourth-order valence-electron chi connectivity index (χ4n) is 2.19. The molecule has 0 fully saturated rings. The summed E-state index contributed by atoms with van der Waals surface area (Å²) in [6.45, 7) is 5.95. The van der Waals surface area contributed by atoms with Crippen molar-refractivity contribution in [3.05, 3.63) is 64.7 Å². The van der Waals surface area contributed by atoms with Crippen molar-refractivity contribution in [2.24, 2.45) is 0 Å². The molecule has 1 N–H and O–H groups in total. The van der Waals surface area contributed by atoms with Gasteiger partial charge in [-0.25, -0.2) is 0 Å². The Kier molecular flexibility index (Phi) is 6.09. The van der Waals surface area contributed by atoms with Crippen LogP contribution < -0.4 is 10.1 Å². The lowest BCUT2D eigenvalue weighted by atomic mass is 10.1. The monoisotopic (exact) mass is 303 g/mol. The molecule has 21 heavy (non-hydrogen) atoms. The van der Waals surface area contributed by atoms with E-state index in [-0.39, 0.29) is 6.10 Å². The van der Waals surface area contributed by atoms with Crippen LogP contribution in [-0.2, 0) is 6.54 Å². The van der Waals surface area contributed by atoms with Crippen LogP contribution in [0.4, 0.5) is 0 Å². The third kappa shape index (κ3) is 4.48. The zero-order valence-electron chi connectivity index (χ0n) is 12.6. The van der Waals surface area contributed by atoms with E-state index in [1.165, 1.54) is 0 Å². The Hall–Kier alpha value is -1.51. The molecule has 0 aliphatic carbocycles. The second-order valence-corrected chi connectivity index (χ2v) is 5.48. The van der Waals surface area contributed by atoms with Gasteiger partial charge in [0.05, 0.1) is 5.02 Å². The first-order chi connectivity index (χ1) is 10.2. The number of ether oxygens (including phenoxy) is 1. The van der Waals surface area contributed by atoms with Crippen molar-refractivity contribution in [2.75, 3.05) is 6.54 Å². The Bertz CT molecular complexity index is 556. The molecular weight excluding hydrogens is 282 g/mol. The van der Waals surface area contributed by atoms with Crippen LogP contribution in [0.25, 0.3) is 0 Å². The van der Waals surface area contributed by atoms with Crippen molar-refractivity contribution < 1.29 is 4.74 Å². The van der Waals surface area contributed by atoms with E-state index >= 15 is 0 Å². The molecule has 0 aromatic heterocycles. The number of benzene rings is 2. The number of rotatable bonds is 7. The molecule has 0 radical (unpaired) electrons. The summed E-state index contributed by atoms with van der Waals surface area (Å²) in [4.78, 5) is 0. The lowest BCUT2D eigenvalue weighted by molar-refractivity contribution is 0.224. The predicted octanol–water partition coefficient (Wildman–Crippen LogP) is 4.98. The lowest BCUT2D eigenvalue weighted by Gasteiger charge is -2.19. The smallest absolute Gasteiger partial charge is 0.143 e. The number of para-hydroxylation sites is 1. The molecule has 0 bridgehead atoms. The Labute approximate surface area is 132 Å². The summed E-state index contributed by atoms with van der Waals surface area (Å²) in [5.74, 6) is 0.777. The van der Waals surface area contributed by atoms with Crippen molar-refractivity contribution >= 4 is 11.6 Å². The minimum Gasteiger partial charge on any atom is -0.484 e. The van der Waals surface area contributed by atoms with Gasteiger partial charge in [0.1, 0.15) is 11.9 Å². The van der Waals surface area contributed by atoms with E-state index in [9.17, 15) is 0 Å². The fourth-order valence-corrected chi connectivity index (χ4v) is 2.43. The molecule has 2 rings (SSSR count). The number of halogens is 1. The standard InChI is InChI=1S/C18H22ClNO/c1-3-12-20-13-16-10-7-11-17(19)18(16)21-14(2)15-8-5-4-6-9-15/h4-11,14,20H,3,12-13H2,1-2H3. The average molecular weight is 304 g/mol. The first kappa shape index (κ1) is 15.9. The van der Waals surface area contributed by atoms with Gasteiger partial charge in [0, 0.05) is 12.1 Å². The first-order valence-electron chi connectivity index (χ1n) is 7.42. The molecule has 2 aromatic carbocycles. The molecule has 0 aliphatic heterocycles. The molecular formula is C18H22ClNO. The second kappa shape index (κ2) is 8.06. The maximum atomic E-state index is 6.32. The third-order valence-corrected chi connectivity index (χ3v) is 3.65. The quantitative estimate of drug-likeness (QED) is 0.728. The highest BCUT2D eigenvalue weighted by atomic mass is 35.5. The predicted molar refractivity (Wildman–Crippen MR) is 88.9 cm³/mol. The van der Waals surface area contributed by atoms with Crippen LogP contribution in [0.5, 0.6) is 5.75 Å². The number of hydrogen-bond donors (Lipinski definition) is 1. The molecule has 0 aliphatic rings. The summed E-state index contributed by atoms with van der Waals surface area (Å²) in [6.07, 6.45) is 1.08. The van der Waals surface area contributed by atoms with E-state index in [4.69, 9.17) is 16.3 Å². The molecule has 112 valence electrons. The molecule has 0 saturated carbocycles. The first-order valence-corrected chi connectivity index (χ1v) is 7.80. The molecule has 1 unspecified atom stereocenters. The molecule has 0 saturated heterocycles. The van der Waals surface area contributed by atoms with Gasteiger partial charge in [0.25, 0.3) is 0 Å². The molecule has 2 aromatic rings. The van der Waals surface area contributed by atoms with Gasteiger partial charge in [0.15, 0.2) is 0 Å². The Morgan fingerprint density at radius 1 is 1.10 bits per heavy atom. The second-order valence-electron chi connectivity index (χ2n) is 5.08. The van der Waals surface area contributed by atoms with Crippen LogP contribution >= 0.6 is 11.6 Å². The summed E-state index contributed by atoms with van der Waals surface area (Å²) < 4.78 is 6.12. The van der Waals surface area contributed by atoms with Gasteiger partial charge < -0.3 is 10.1 Å². The summed E-state index contributed by atoms with van der Waals surface area (Å²) >= 11 is 6.32. The van der Waals surface area contributed by atoms with Crippen LogP contribution in [0, 0.1) is 0 Å². The van der Waals surface area contributed by atoms with Gasteiger partial charge in [-0.2, -0.15) is 0 Å². The van der Waals surface area contributed by atoms with Crippen LogP contribution in [0.15, 0.2) is 48.5 Å². The maximum Gasteiger partial charge on any atom is 0.143 e. The third-order valence-electron chi connectivity index (χ3n) is 3.35. The van der Waals surface area contributed by atoms with Crippen molar-refractivity contribution in [1.82, 2.24) is 5.32 Å². The summed E-state index contributed by atoms with van der Waals surface area (Å²) in [6, 6.07) is 16.1. The Balaban J connectivity index is 2.14. The van der Waals surface area contributed by atoms with Gasteiger partial charge in [-0.1, -0.05) is 61.0 Å². The Morgan fingerprint density at radius 2 is 1.86 bits per heavy atom. The minimum absolute atomic E-state index is 0.0315. The topological polar surface area (TPSA) is 21.3 Å². The van der Waals surface area contributed by atoms with Gasteiger partial charge in [0.2, 0.25) is 0 Å². The fraction of sp³-hybridized carbons (Fsp3) is 0.333. The zero-order chi connectivity index (χ0) is 15.1. The van der Waals surface area contributed by atoms with Crippen LogP contribution in [-0.4, -0.2) is 6.54 Å². The van der Waals surface area contributed by atoms with Gasteiger partial charge in [-0.05, 0) is 31.5 Å². The van der Waals surface area contributed by atoms with Crippen LogP contribution in [0.1, 0.15) is 37.5 Å². The maximum absolute atomic E-state index is 6.32. The van der Waals surface area contributed by atoms with E-state index in [1.54, 1.807) is 0 Å². The highest BCUT2D eigenvalue weighted by Gasteiger charge is 2.13. The normalized spacial score (nSPS) is 12.1. The van der Waals surface area contributed by atoms with E-state index in [1.807, 2.05) is 37.3 Å². The van der Waals surface area contributed by atoms with E-state index in [0.717, 1.165) is 36.4 Å². The van der Waals surface area contributed by atoms with Crippen molar-refractivity contribution in [3.63, 3.8) is 0 Å². The Morgan fingerprint density at radius 3 is 2.57 bits per heavy atom. The molecule has 0 amide bonds. The van der Waals surface area contributed by atoms with Crippen molar-refractivity contribution in [1.29, 1.82) is 0 Å². The van der Waals surface area contributed by atoms with Crippen molar-refractivity contribution in [2.45, 2.75) is 32.9 Å². The summed E-state index contributed by atoms with van der Waals surface area (Å²) in [5.41, 5.74) is 2.24. The molecule has 2 nitrogen and oxygen atoms in total. The highest BCUT2D eigenvalue weighted by Crippen LogP contribution is 2.32. The molecule has 0 spiro atoms. The summed E-state index contributed by atoms with van der Waals surface area (Å²) in [5, 5.41) is 4.05. The number of hydrogen-bond acceptors (Lipinski definition) is 2. The number of nitrogens with one attached hydrogen (secondary N) is 1. The highest BCUT2D eigenvalue weighted by molar-refractivity contribution is 6.32. The van der Waals surface area contributed by atoms with Gasteiger partial charge in [-0.3, -0.25) is 0 Å². The van der Waals surface area contributed by atoms with E-state index in [0.29, 0.717) is 5.02 Å². The van der Waals surface area contributed by atoms with Gasteiger partial charge >= 0.3 is 0 Å². The minimum atomic E-state index is -0.0315. The molecule has 0 heterocycles. The largest absolute Gasteiger partial charge is 0.484 e. The van der Waals surface area contributed by atoms with E-state index < -0.39 is 0 Å². The van der Waals surface area contributed by atoms with E-state index in [2.05, 4.69) is 30.4 Å². The van der Waals surface area contributed by atoms with Gasteiger partial charge in [-0.15, -0.1) is 0 Å².